The lowest BCUT2D eigenvalue weighted by molar-refractivity contribution is 0.0192. The van der Waals surface area contributed by atoms with Crippen LogP contribution in [0.15, 0.2) is 0 Å². The maximum absolute atomic E-state index is 6.03. The molecule has 3 heteroatoms. The second kappa shape index (κ2) is 7.76. The van der Waals surface area contributed by atoms with Gasteiger partial charge in [-0.05, 0) is 31.2 Å². The first-order valence-corrected chi connectivity index (χ1v) is 8.93. The van der Waals surface area contributed by atoms with Gasteiger partial charge in [0, 0.05) is 17.5 Å². The Morgan fingerprint density at radius 2 is 2.22 bits per heavy atom. The first-order valence-electron chi connectivity index (χ1n) is 7.77. The number of thioether (sulfide) groups is 1. The highest BCUT2D eigenvalue weighted by atomic mass is 32.2. The summed E-state index contributed by atoms with van der Waals surface area (Å²) < 4.78 is 6.03. The maximum atomic E-state index is 6.03. The van der Waals surface area contributed by atoms with Crippen molar-refractivity contribution >= 4 is 11.8 Å². The first kappa shape index (κ1) is 14.7. The van der Waals surface area contributed by atoms with Gasteiger partial charge in [0.1, 0.15) is 0 Å². The Labute approximate surface area is 117 Å². The standard InChI is InChI=1S/C15H29NOS/c1-3-12-6-5-7-13(10-12)15(16-4-2)14-11-18-9-8-17-14/h12-16H,3-11H2,1-2H3. The molecule has 1 aliphatic heterocycles. The quantitative estimate of drug-likeness (QED) is 0.829. The Bertz CT molecular complexity index is 231. The zero-order valence-electron chi connectivity index (χ0n) is 12.0. The van der Waals surface area contributed by atoms with Crippen molar-refractivity contribution in [3.63, 3.8) is 0 Å². The van der Waals surface area contributed by atoms with E-state index in [4.69, 9.17) is 4.74 Å². The summed E-state index contributed by atoms with van der Waals surface area (Å²) in [6.07, 6.45) is 7.49. The van der Waals surface area contributed by atoms with Gasteiger partial charge in [0.05, 0.1) is 12.7 Å². The molecule has 2 aliphatic rings. The zero-order valence-corrected chi connectivity index (χ0v) is 12.8. The Kier molecular flexibility index (Phi) is 6.33. The lowest BCUT2D eigenvalue weighted by atomic mass is 9.75. The average Bonchev–Trinajstić information content (AvgIpc) is 2.46. The predicted octanol–water partition coefficient (Wildman–Crippen LogP) is 3.31. The van der Waals surface area contributed by atoms with Crippen LogP contribution in [0.25, 0.3) is 0 Å². The third-order valence-corrected chi connectivity index (χ3v) is 5.61. The zero-order chi connectivity index (χ0) is 12.8. The summed E-state index contributed by atoms with van der Waals surface area (Å²) in [5.41, 5.74) is 0. The van der Waals surface area contributed by atoms with Crippen molar-refractivity contribution in [1.29, 1.82) is 0 Å². The molecule has 0 aromatic carbocycles. The van der Waals surface area contributed by atoms with Crippen molar-refractivity contribution in [2.45, 2.75) is 58.1 Å². The van der Waals surface area contributed by atoms with Gasteiger partial charge in [-0.15, -0.1) is 0 Å². The van der Waals surface area contributed by atoms with E-state index in [0.717, 1.165) is 25.0 Å². The Hall–Kier alpha value is 0.270. The van der Waals surface area contributed by atoms with Crippen molar-refractivity contribution in [3.05, 3.63) is 0 Å². The average molecular weight is 271 g/mol. The normalized spacial score (nSPS) is 35.3. The van der Waals surface area contributed by atoms with E-state index >= 15 is 0 Å². The smallest absolute Gasteiger partial charge is 0.0821 e. The molecule has 1 heterocycles. The number of nitrogens with one attached hydrogen (secondary N) is 1. The Morgan fingerprint density at radius 3 is 2.89 bits per heavy atom. The van der Waals surface area contributed by atoms with Gasteiger partial charge in [0.25, 0.3) is 0 Å². The van der Waals surface area contributed by atoms with E-state index in [9.17, 15) is 0 Å². The molecule has 2 rings (SSSR count). The second-order valence-electron chi connectivity index (χ2n) is 5.77. The van der Waals surface area contributed by atoms with Crippen LogP contribution < -0.4 is 5.32 Å². The van der Waals surface area contributed by atoms with Crippen molar-refractivity contribution in [3.8, 4) is 0 Å². The van der Waals surface area contributed by atoms with E-state index in [0.29, 0.717) is 12.1 Å². The number of ether oxygens (including phenoxy) is 1. The summed E-state index contributed by atoms with van der Waals surface area (Å²) in [5, 5.41) is 3.73. The fourth-order valence-electron chi connectivity index (χ4n) is 3.58. The molecule has 0 amide bonds. The minimum atomic E-state index is 0.448. The second-order valence-corrected chi connectivity index (χ2v) is 6.92. The van der Waals surface area contributed by atoms with Gasteiger partial charge in [-0.25, -0.2) is 0 Å². The summed E-state index contributed by atoms with van der Waals surface area (Å²) in [6, 6.07) is 0.595. The van der Waals surface area contributed by atoms with Gasteiger partial charge in [0.15, 0.2) is 0 Å². The fourth-order valence-corrected chi connectivity index (χ4v) is 4.50. The molecule has 18 heavy (non-hydrogen) atoms. The highest BCUT2D eigenvalue weighted by Crippen LogP contribution is 2.35. The molecule has 0 spiro atoms. The number of likely N-dealkylation sites (N-methyl/N-ethyl adjacent to an activating group) is 1. The molecule has 4 unspecified atom stereocenters. The number of hydrogen-bond donors (Lipinski definition) is 1. The number of hydrogen-bond acceptors (Lipinski definition) is 3. The molecule has 0 aromatic heterocycles. The first-order chi connectivity index (χ1) is 8.85. The Morgan fingerprint density at radius 1 is 1.33 bits per heavy atom. The molecule has 1 aliphatic carbocycles. The summed E-state index contributed by atoms with van der Waals surface area (Å²) in [6.45, 7) is 6.59. The fraction of sp³-hybridized carbons (Fsp3) is 1.00. The van der Waals surface area contributed by atoms with Crippen LogP contribution in [-0.2, 0) is 4.74 Å². The molecule has 1 N–H and O–H groups in total. The van der Waals surface area contributed by atoms with Crippen LogP contribution in [0.3, 0.4) is 0 Å². The minimum Gasteiger partial charge on any atom is -0.375 e. The highest BCUT2D eigenvalue weighted by molar-refractivity contribution is 7.99. The molecule has 4 atom stereocenters. The summed E-state index contributed by atoms with van der Waals surface area (Å²) >= 11 is 2.06. The third-order valence-electron chi connectivity index (χ3n) is 4.59. The van der Waals surface area contributed by atoms with Gasteiger partial charge in [-0.2, -0.15) is 11.8 Å². The summed E-state index contributed by atoms with van der Waals surface area (Å²) in [4.78, 5) is 0. The molecular weight excluding hydrogens is 242 g/mol. The van der Waals surface area contributed by atoms with E-state index < -0.39 is 0 Å². The van der Waals surface area contributed by atoms with E-state index in [1.807, 2.05) is 0 Å². The lowest BCUT2D eigenvalue weighted by Crippen LogP contribution is -2.50. The van der Waals surface area contributed by atoms with Crippen LogP contribution >= 0.6 is 11.8 Å². The molecule has 1 saturated carbocycles. The largest absolute Gasteiger partial charge is 0.375 e. The van der Waals surface area contributed by atoms with Gasteiger partial charge in [-0.1, -0.05) is 33.1 Å². The van der Waals surface area contributed by atoms with Gasteiger partial charge in [-0.3, -0.25) is 0 Å². The molecule has 106 valence electrons. The van der Waals surface area contributed by atoms with Crippen molar-refractivity contribution in [1.82, 2.24) is 5.32 Å². The highest BCUT2D eigenvalue weighted by Gasteiger charge is 2.33. The summed E-state index contributed by atoms with van der Waals surface area (Å²) in [5.74, 6) is 4.16. The van der Waals surface area contributed by atoms with E-state index in [-0.39, 0.29) is 0 Å². The van der Waals surface area contributed by atoms with Crippen LogP contribution in [-0.4, -0.2) is 36.8 Å². The van der Waals surface area contributed by atoms with Crippen LogP contribution in [0.1, 0.15) is 46.0 Å². The van der Waals surface area contributed by atoms with E-state index in [2.05, 4.69) is 30.9 Å². The molecular formula is C15H29NOS. The topological polar surface area (TPSA) is 21.3 Å². The Balaban J connectivity index is 1.94. The maximum Gasteiger partial charge on any atom is 0.0821 e. The van der Waals surface area contributed by atoms with Gasteiger partial charge >= 0.3 is 0 Å². The molecule has 0 aromatic rings. The van der Waals surface area contributed by atoms with Gasteiger partial charge < -0.3 is 10.1 Å². The lowest BCUT2D eigenvalue weighted by Gasteiger charge is -2.39. The minimum absolute atomic E-state index is 0.448. The molecule has 2 fully saturated rings. The summed E-state index contributed by atoms with van der Waals surface area (Å²) in [7, 11) is 0. The van der Waals surface area contributed by atoms with E-state index in [1.165, 1.54) is 43.6 Å². The number of rotatable bonds is 5. The third kappa shape index (κ3) is 3.88. The SMILES string of the molecule is CCNC(C1CCCC(CC)C1)C1CSCCO1. The van der Waals surface area contributed by atoms with Crippen LogP contribution in [0.2, 0.25) is 0 Å². The van der Waals surface area contributed by atoms with Gasteiger partial charge in [0.2, 0.25) is 0 Å². The van der Waals surface area contributed by atoms with Crippen LogP contribution in [0.4, 0.5) is 0 Å². The predicted molar refractivity (Wildman–Crippen MR) is 80.3 cm³/mol. The van der Waals surface area contributed by atoms with Crippen LogP contribution in [0, 0.1) is 11.8 Å². The van der Waals surface area contributed by atoms with Crippen LogP contribution in [0.5, 0.6) is 0 Å². The monoisotopic (exact) mass is 271 g/mol. The van der Waals surface area contributed by atoms with Crippen molar-refractivity contribution < 1.29 is 4.74 Å². The molecule has 0 bridgehead atoms. The van der Waals surface area contributed by atoms with E-state index in [1.54, 1.807) is 0 Å². The molecule has 2 nitrogen and oxygen atoms in total. The molecule has 0 radical (unpaired) electrons. The molecule has 1 saturated heterocycles. The van der Waals surface area contributed by atoms with Crippen molar-refractivity contribution in [2.75, 3.05) is 24.7 Å². The van der Waals surface area contributed by atoms with Crippen molar-refractivity contribution in [2.24, 2.45) is 11.8 Å².